The molecule has 0 aliphatic carbocycles. The van der Waals surface area contributed by atoms with Gasteiger partial charge in [0.1, 0.15) is 11.6 Å². The number of piperidine rings is 1. The summed E-state index contributed by atoms with van der Waals surface area (Å²) >= 11 is 0. The molecule has 1 aliphatic heterocycles. The maximum absolute atomic E-state index is 11.4. The molecule has 0 radical (unpaired) electrons. The van der Waals surface area contributed by atoms with Crippen LogP contribution in [0, 0.1) is 25.2 Å². The molecule has 1 aromatic carbocycles. The number of hydrogen-bond acceptors (Lipinski definition) is 9. The molecule has 4 rings (SSSR count). The number of allylic oxidation sites excluding steroid dienone is 1. The highest BCUT2D eigenvalue weighted by atomic mass is 16.5. The third-order valence-corrected chi connectivity index (χ3v) is 6.07. The zero-order valence-corrected chi connectivity index (χ0v) is 19.2. The zero-order valence-electron chi connectivity index (χ0n) is 19.2. The van der Waals surface area contributed by atoms with Gasteiger partial charge in [-0.25, -0.2) is 9.97 Å². The first kappa shape index (κ1) is 23.4. The van der Waals surface area contributed by atoms with Crippen molar-refractivity contribution in [3.63, 3.8) is 0 Å². The molecule has 178 valence electrons. The first-order chi connectivity index (χ1) is 16.4. The summed E-state index contributed by atoms with van der Waals surface area (Å²) in [4.78, 5) is 23.0. The number of aromatic nitrogens is 3. The number of hydrogen-bond donors (Lipinski definition) is 4. The second-order valence-corrected chi connectivity index (χ2v) is 8.32. The average molecular weight is 465 g/mol. The highest BCUT2D eigenvalue weighted by Crippen LogP contribution is 2.34. The van der Waals surface area contributed by atoms with Crippen molar-refractivity contribution in [3.8, 4) is 11.1 Å². The molecule has 3 aromatic rings. The molecule has 0 unspecified atom stereocenters. The molecule has 34 heavy (non-hydrogen) atoms. The smallest absolute Gasteiger partial charge is 0.306 e. The van der Waals surface area contributed by atoms with Crippen LogP contribution < -0.4 is 10.2 Å². The number of aryl methyl sites for hydroxylation is 2. The maximum atomic E-state index is 11.4. The van der Waals surface area contributed by atoms with Crippen LogP contribution in [0.25, 0.3) is 27.6 Å². The van der Waals surface area contributed by atoms with Crippen LogP contribution in [0.3, 0.4) is 0 Å². The number of fused-ring (bicyclic) bond motifs is 1. The largest absolute Gasteiger partial charge is 0.481 e. The molecule has 10 nitrogen and oxygen atoms in total. The highest BCUT2D eigenvalue weighted by molar-refractivity contribution is 6.07. The van der Waals surface area contributed by atoms with E-state index >= 15 is 0 Å². The molecule has 0 atom stereocenters. The molecule has 3 heterocycles. The molecule has 1 aliphatic rings. The Bertz CT molecular complexity index is 1220. The number of aliphatic hydroxyl groups is 1. The van der Waals surface area contributed by atoms with Gasteiger partial charge in [-0.2, -0.15) is 0 Å². The Kier molecular flexibility index (Phi) is 6.87. The van der Waals surface area contributed by atoms with E-state index in [4.69, 9.17) is 25.0 Å². The predicted octanol–water partition coefficient (Wildman–Crippen LogP) is 2.78. The summed E-state index contributed by atoms with van der Waals surface area (Å²) in [7, 11) is 0. The number of carbonyl (C=O) groups is 1. The Morgan fingerprint density at radius 2 is 2.06 bits per heavy atom. The predicted molar refractivity (Wildman–Crippen MR) is 129 cm³/mol. The van der Waals surface area contributed by atoms with Crippen molar-refractivity contribution >= 4 is 34.5 Å². The van der Waals surface area contributed by atoms with E-state index in [0.29, 0.717) is 55.2 Å². The Balaban J connectivity index is 1.83. The van der Waals surface area contributed by atoms with Gasteiger partial charge in [0.25, 0.3) is 0 Å². The van der Waals surface area contributed by atoms with Gasteiger partial charge in [-0.05, 0) is 44.4 Å². The van der Waals surface area contributed by atoms with Gasteiger partial charge >= 0.3 is 5.97 Å². The van der Waals surface area contributed by atoms with Crippen LogP contribution in [0.15, 0.2) is 28.9 Å². The second kappa shape index (κ2) is 10.0. The van der Waals surface area contributed by atoms with E-state index in [1.165, 1.54) is 6.21 Å². The van der Waals surface area contributed by atoms with E-state index in [9.17, 15) is 9.90 Å². The SMILES string of the molecule is Cc1noc(C)c1-c1ccc2nc(/C(C=N)=C/NCCO)nc(N3CCC(C(=O)O)CC3)c2c1. The highest BCUT2D eigenvalue weighted by Gasteiger charge is 2.27. The Labute approximate surface area is 196 Å². The van der Waals surface area contributed by atoms with E-state index in [1.807, 2.05) is 32.0 Å². The van der Waals surface area contributed by atoms with Crippen LogP contribution in [-0.4, -0.2) is 63.8 Å². The number of carboxylic acids is 1. The number of nitrogens with one attached hydrogen (secondary N) is 2. The van der Waals surface area contributed by atoms with E-state index in [-0.39, 0.29) is 12.5 Å². The minimum absolute atomic E-state index is 0.0331. The lowest BCUT2D eigenvalue weighted by Crippen LogP contribution is -2.37. The lowest BCUT2D eigenvalue weighted by atomic mass is 9.96. The van der Waals surface area contributed by atoms with Crippen molar-refractivity contribution in [2.75, 3.05) is 31.1 Å². The fourth-order valence-electron chi connectivity index (χ4n) is 4.29. The molecule has 0 bridgehead atoms. The first-order valence-electron chi connectivity index (χ1n) is 11.2. The number of aliphatic hydroxyl groups excluding tert-OH is 1. The van der Waals surface area contributed by atoms with E-state index in [0.717, 1.165) is 28.0 Å². The van der Waals surface area contributed by atoms with Gasteiger partial charge in [0.15, 0.2) is 5.82 Å². The minimum Gasteiger partial charge on any atom is -0.481 e. The molecule has 4 N–H and O–H groups in total. The van der Waals surface area contributed by atoms with Crippen molar-refractivity contribution < 1.29 is 19.5 Å². The third-order valence-electron chi connectivity index (χ3n) is 6.07. The molecular formula is C24H28N6O4. The summed E-state index contributed by atoms with van der Waals surface area (Å²) in [6.07, 6.45) is 3.85. The maximum Gasteiger partial charge on any atom is 0.306 e. The molecule has 1 fully saturated rings. The topological polar surface area (TPSA) is 148 Å². The van der Waals surface area contributed by atoms with Crippen molar-refractivity contribution in [1.29, 1.82) is 5.41 Å². The Morgan fingerprint density at radius 3 is 2.68 bits per heavy atom. The monoisotopic (exact) mass is 464 g/mol. The summed E-state index contributed by atoms with van der Waals surface area (Å²) in [6, 6.07) is 5.89. The van der Waals surface area contributed by atoms with Gasteiger partial charge in [-0.3, -0.25) is 4.79 Å². The summed E-state index contributed by atoms with van der Waals surface area (Å²) in [5, 5.41) is 34.1. The Hall–Kier alpha value is -3.79. The van der Waals surface area contributed by atoms with Crippen LogP contribution in [0.4, 0.5) is 5.82 Å². The average Bonchev–Trinajstić information content (AvgIpc) is 3.18. The van der Waals surface area contributed by atoms with Gasteiger partial charge in [0, 0.05) is 43.0 Å². The van der Waals surface area contributed by atoms with Crippen molar-refractivity contribution in [2.24, 2.45) is 5.92 Å². The number of benzene rings is 1. The van der Waals surface area contributed by atoms with Gasteiger partial charge in [-0.15, -0.1) is 0 Å². The van der Waals surface area contributed by atoms with Gasteiger partial charge in [-0.1, -0.05) is 11.2 Å². The molecule has 2 aromatic heterocycles. The lowest BCUT2D eigenvalue weighted by Gasteiger charge is -2.32. The van der Waals surface area contributed by atoms with Crippen LogP contribution in [0.5, 0.6) is 0 Å². The minimum atomic E-state index is -0.766. The van der Waals surface area contributed by atoms with Crippen LogP contribution in [0.2, 0.25) is 0 Å². The van der Waals surface area contributed by atoms with Crippen LogP contribution in [0.1, 0.15) is 30.1 Å². The summed E-state index contributed by atoms with van der Waals surface area (Å²) in [5.74, 6) is 0.682. The standard InChI is InChI=1S/C24H28N6O4/c1-14-21(15(2)34-29-14)17-3-4-20-19(11-17)23(30-8-5-16(6-9-30)24(32)33)28-22(27-20)18(12-25)13-26-7-10-31/h3-4,11-13,16,25-26,31H,5-10H2,1-2H3,(H,32,33)/b18-13+,25-12?. The molecule has 0 spiro atoms. The number of carboxylic acid groups (broad SMARTS) is 1. The van der Waals surface area contributed by atoms with E-state index in [1.54, 1.807) is 6.20 Å². The summed E-state index contributed by atoms with van der Waals surface area (Å²) < 4.78 is 5.35. The zero-order chi connectivity index (χ0) is 24.2. The van der Waals surface area contributed by atoms with E-state index in [2.05, 4.69) is 15.4 Å². The third kappa shape index (κ3) is 4.62. The van der Waals surface area contributed by atoms with Crippen molar-refractivity contribution in [1.82, 2.24) is 20.4 Å². The van der Waals surface area contributed by atoms with Crippen molar-refractivity contribution in [2.45, 2.75) is 26.7 Å². The van der Waals surface area contributed by atoms with Gasteiger partial charge < -0.3 is 30.4 Å². The van der Waals surface area contributed by atoms with Crippen LogP contribution in [-0.2, 0) is 4.79 Å². The lowest BCUT2D eigenvalue weighted by molar-refractivity contribution is -0.142. The normalized spacial score (nSPS) is 15.0. The molecule has 10 heteroatoms. The second-order valence-electron chi connectivity index (χ2n) is 8.32. The van der Waals surface area contributed by atoms with Gasteiger partial charge in [0.2, 0.25) is 0 Å². The first-order valence-corrected chi connectivity index (χ1v) is 11.2. The van der Waals surface area contributed by atoms with Crippen LogP contribution >= 0.6 is 0 Å². The summed E-state index contributed by atoms with van der Waals surface area (Å²) in [6.45, 7) is 5.20. The number of nitrogens with zero attached hydrogens (tertiary/aromatic N) is 4. The summed E-state index contributed by atoms with van der Waals surface area (Å²) in [5.41, 5.74) is 3.85. The quantitative estimate of drug-likeness (QED) is 0.292. The number of anilines is 1. The van der Waals surface area contributed by atoms with Crippen molar-refractivity contribution in [3.05, 3.63) is 41.7 Å². The van der Waals surface area contributed by atoms with Gasteiger partial charge in [0.05, 0.1) is 29.3 Å². The fourth-order valence-corrected chi connectivity index (χ4v) is 4.29. The fraction of sp³-hybridized carbons (Fsp3) is 0.375. The molecule has 1 saturated heterocycles. The molecule has 0 saturated carbocycles. The number of rotatable bonds is 8. The van der Waals surface area contributed by atoms with E-state index < -0.39 is 5.97 Å². The Morgan fingerprint density at radius 1 is 1.29 bits per heavy atom. The molecular weight excluding hydrogens is 436 g/mol. The molecule has 0 amide bonds. The number of aliphatic carboxylic acids is 1.